The number of hydrogen-bond acceptors (Lipinski definition) is 7. The Kier molecular flexibility index (Phi) is 6.11. The van der Waals surface area contributed by atoms with Crippen LogP contribution in [0.2, 0.25) is 0 Å². The average Bonchev–Trinajstić information content (AvgIpc) is 3.33. The fourth-order valence-electron chi connectivity index (χ4n) is 3.67. The summed E-state index contributed by atoms with van der Waals surface area (Å²) in [5.41, 5.74) is 4.67. The minimum atomic E-state index is -3.44. The van der Waals surface area contributed by atoms with Crippen LogP contribution in [0.3, 0.4) is 0 Å². The first kappa shape index (κ1) is 22.5. The smallest absolute Gasteiger partial charge is 0.232 e. The molecule has 0 aliphatic carbocycles. The van der Waals surface area contributed by atoms with Gasteiger partial charge in [-0.15, -0.1) is 5.10 Å². The summed E-state index contributed by atoms with van der Waals surface area (Å²) in [5.74, 6) is 0.998. The molecule has 4 heterocycles. The van der Waals surface area contributed by atoms with Crippen LogP contribution in [-0.2, 0) is 16.6 Å². The largest absolute Gasteiger partial charge is 0.363 e. The second-order valence-corrected chi connectivity index (χ2v) is 9.83. The van der Waals surface area contributed by atoms with Gasteiger partial charge in [0.25, 0.3) is 0 Å². The van der Waals surface area contributed by atoms with E-state index in [0.29, 0.717) is 29.4 Å². The maximum atomic E-state index is 12.0. The number of aromatic nitrogens is 5. The number of pyridine rings is 2. The first-order valence-electron chi connectivity index (χ1n) is 11.1. The maximum Gasteiger partial charge on any atom is 0.232 e. The van der Waals surface area contributed by atoms with E-state index in [0.717, 1.165) is 22.3 Å². The van der Waals surface area contributed by atoms with E-state index >= 15 is 0 Å². The summed E-state index contributed by atoms with van der Waals surface area (Å²) >= 11 is 0. The Morgan fingerprint density at radius 1 is 0.971 bits per heavy atom. The molecule has 0 unspecified atom stereocenters. The summed E-state index contributed by atoms with van der Waals surface area (Å²) in [6, 6.07) is 19.5. The van der Waals surface area contributed by atoms with Crippen molar-refractivity contribution in [2.75, 3.05) is 15.8 Å². The molecule has 35 heavy (non-hydrogen) atoms. The molecule has 10 heteroatoms. The zero-order chi connectivity index (χ0) is 24.3. The van der Waals surface area contributed by atoms with E-state index in [1.165, 1.54) is 6.20 Å². The summed E-state index contributed by atoms with van der Waals surface area (Å²) in [7, 11) is -3.44. The minimum Gasteiger partial charge on any atom is -0.363 e. The Morgan fingerprint density at radius 3 is 2.57 bits per heavy atom. The van der Waals surface area contributed by atoms with Gasteiger partial charge in [-0.1, -0.05) is 36.4 Å². The van der Waals surface area contributed by atoms with Crippen molar-refractivity contribution in [1.82, 2.24) is 24.6 Å². The molecule has 0 fully saturated rings. The molecule has 2 N–H and O–H groups in total. The van der Waals surface area contributed by atoms with Crippen molar-refractivity contribution in [2.24, 2.45) is 0 Å². The number of anilines is 2. The van der Waals surface area contributed by atoms with E-state index in [-0.39, 0.29) is 5.75 Å². The zero-order valence-corrected chi connectivity index (χ0v) is 19.8. The standard InChI is InChI=1S/C25H23N7O2S/c1-2-35(33,34)31-21-14-19(15-26-16-21)24-29-25(28-17-20-10-6-7-12-27-20)23-22(11-13-32(23)30-24)18-8-4-3-5-9-18/h3-16,31H,2,17H2,1H3,(H,28,29,30). The quantitative estimate of drug-likeness (QED) is 0.338. The molecule has 0 bridgehead atoms. The van der Waals surface area contributed by atoms with Gasteiger partial charge < -0.3 is 5.32 Å². The number of hydrogen-bond donors (Lipinski definition) is 2. The first-order chi connectivity index (χ1) is 17.0. The number of sulfonamides is 1. The first-order valence-corrected chi connectivity index (χ1v) is 12.7. The highest BCUT2D eigenvalue weighted by molar-refractivity contribution is 7.92. The Balaban J connectivity index is 1.60. The van der Waals surface area contributed by atoms with Crippen LogP contribution in [0.4, 0.5) is 11.5 Å². The molecule has 5 rings (SSSR count). The van der Waals surface area contributed by atoms with E-state index in [9.17, 15) is 8.42 Å². The lowest BCUT2D eigenvalue weighted by atomic mass is 10.1. The van der Waals surface area contributed by atoms with E-state index in [4.69, 9.17) is 10.1 Å². The third-order valence-corrected chi connectivity index (χ3v) is 6.72. The van der Waals surface area contributed by atoms with E-state index < -0.39 is 10.0 Å². The van der Waals surface area contributed by atoms with Gasteiger partial charge in [0.05, 0.1) is 29.9 Å². The molecule has 5 aromatic rings. The molecular weight excluding hydrogens is 462 g/mol. The van der Waals surface area contributed by atoms with Crippen LogP contribution in [0.25, 0.3) is 28.0 Å². The van der Waals surface area contributed by atoms with Gasteiger partial charge in [-0.05, 0) is 36.8 Å². The van der Waals surface area contributed by atoms with Crippen LogP contribution in [-0.4, -0.2) is 38.7 Å². The second kappa shape index (κ2) is 9.51. The van der Waals surface area contributed by atoms with E-state index in [1.807, 2.05) is 60.8 Å². The van der Waals surface area contributed by atoms with Gasteiger partial charge >= 0.3 is 0 Å². The molecule has 0 amide bonds. The van der Waals surface area contributed by atoms with Crippen molar-refractivity contribution in [2.45, 2.75) is 13.5 Å². The Hall–Kier alpha value is -4.31. The fraction of sp³-hybridized carbons (Fsp3) is 0.120. The predicted octanol–water partition coefficient (Wildman–Crippen LogP) is 4.23. The number of nitrogens with zero attached hydrogens (tertiary/aromatic N) is 5. The molecule has 0 saturated heterocycles. The van der Waals surface area contributed by atoms with Crippen molar-refractivity contribution < 1.29 is 8.42 Å². The second-order valence-electron chi connectivity index (χ2n) is 7.82. The van der Waals surface area contributed by atoms with Crippen molar-refractivity contribution in [3.8, 4) is 22.5 Å². The lowest BCUT2D eigenvalue weighted by Crippen LogP contribution is -2.14. The van der Waals surface area contributed by atoms with Gasteiger partial charge in [-0.2, -0.15) is 0 Å². The molecule has 0 saturated carbocycles. The van der Waals surface area contributed by atoms with Crippen molar-refractivity contribution in [1.29, 1.82) is 0 Å². The molecular formula is C25H23N7O2S. The van der Waals surface area contributed by atoms with Gasteiger partial charge in [-0.3, -0.25) is 14.7 Å². The zero-order valence-electron chi connectivity index (χ0n) is 19.0. The molecule has 0 aliphatic rings. The van der Waals surface area contributed by atoms with Gasteiger partial charge in [0.2, 0.25) is 10.0 Å². The van der Waals surface area contributed by atoms with Gasteiger partial charge in [0.1, 0.15) is 5.52 Å². The number of rotatable bonds is 8. The number of benzene rings is 1. The monoisotopic (exact) mass is 485 g/mol. The van der Waals surface area contributed by atoms with Gasteiger partial charge in [0.15, 0.2) is 11.6 Å². The topological polar surface area (TPSA) is 114 Å². The molecule has 0 radical (unpaired) electrons. The highest BCUT2D eigenvalue weighted by atomic mass is 32.2. The Bertz CT molecular complexity index is 1570. The van der Waals surface area contributed by atoms with Crippen molar-refractivity contribution in [3.63, 3.8) is 0 Å². The Labute approximate surface area is 203 Å². The Morgan fingerprint density at radius 2 is 1.80 bits per heavy atom. The number of nitrogens with one attached hydrogen (secondary N) is 2. The lowest BCUT2D eigenvalue weighted by molar-refractivity contribution is 0.602. The summed E-state index contributed by atoms with van der Waals surface area (Å²) in [6.07, 6.45) is 6.69. The van der Waals surface area contributed by atoms with Gasteiger partial charge in [0, 0.05) is 29.7 Å². The lowest BCUT2D eigenvalue weighted by Gasteiger charge is -2.12. The summed E-state index contributed by atoms with van der Waals surface area (Å²) in [5, 5.41) is 8.10. The summed E-state index contributed by atoms with van der Waals surface area (Å²) in [6.45, 7) is 2.05. The maximum absolute atomic E-state index is 12.0. The van der Waals surface area contributed by atoms with Crippen LogP contribution < -0.4 is 10.0 Å². The molecule has 0 aliphatic heterocycles. The SMILES string of the molecule is CCS(=O)(=O)Nc1cncc(-c2nc(NCc3ccccn3)c3c(-c4ccccc4)ccn3n2)c1. The molecule has 4 aromatic heterocycles. The predicted molar refractivity (Wildman–Crippen MR) is 136 cm³/mol. The number of fused-ring (bicyclic) bond motifs is 1. The van der Waals surface area contributed by atoms with E-state index in [2.05, 4.69) is 20.0 Å². The van der Waals surface area contributed by atoms with Crippen molar-refractivity contribution >= 4 is 27.0 Å². The molecule has 176 valence electrons. The summed E-state index contributed by atoms with van der Waals surface area (Å²) < 4.78 is 28.3. The molecule has 0 atom stereocenters. The third-order valence-electron chi connectivity index (χ3n) is 5.41. The molecule has 0 spiro atoms. The minimum absolute atomic E-state index is 0.0348. The van der Waals surface area contributed by atoms with Crippen LogP contribution in [0.1, 0.15) is 12.6 Å². The average molecular weight is 486 g/mol. The van der Waals surface area contributed by atoms with Crippen LogP contribution in [0, 0.1) is 0 Å². The van der Waals surface area contributed by atoms with Crippen LogP contribution >= 0.6 is 0 Å². The summed E-state index contributed by atoms with van der Waals surface area (Å²) in [4.78, 5) is 13.4. The van der Waals surface area contributed by atoms with Crippen LogP contribution in [0.15, 0.2) is 85.5 Å². The highest BCUT2D eigenvalue weighted by Gasteiger charge is 2.16. The molecule has 1 aromatic carbocycles. The van der Waals surface area contributed by atoms with Gasteiger partial charge in [-0.25, -0.2) is 17.9 Å². The fourth-order valence-corrected chi connectivity index (χ4v) is 4.28. The normalized spacial score (nSPS) is 11.5. The van der Waals surface area contributed by atoms with Crippen molar-refractivity contribution in [3.05, 3.63) is 91.1 Å². The highest BCUT2D eigenvalue weighted by Crippen LogP contribution is 2.31. The van der Waals surface area contributed by atoms with E-state index in [1.54, 1.807) is 29.9 Å². The molecule has 9 nitrogen and oxygen atoms in total. The van der Waals surface area contributed by atoms with Crippen LogP contribution in [0.5, 0.6) is 0 Å². The third kappa shape index (κ3) is 4.97.